The number of rotatable bonds is 1. The number of halogens is 1. The number of piperidine rings is 2. The van der Waals surface area contributed by atoms with E-state index < -0.39 is 6.17 Å². The molecule has 0 aromatic heterocycles. The highest BCUT2D eigenvalue weighted by molar-refractivity contribution is 5.82. The molecule has 1 aliphatic carbocycles. The molecule has 3 aliphatic rings. The third kappa shape index (κ3) is 1.75. The predicted molar refractivity (Wildman–Crippen MR) is 54.0 cm³/mol. The summed E-state index contributed by atoms with van der Waals surface area (Å²) >= 11 is 0. The van der Waals surface area contributed by atoms with Gasteiger partial charge in [-0.2, -0.15) is 0 Å². The summed E-state index contributed by atoms with van der Waals surface area (Å²) in [6.45, 7) is 3.71. The molecule has 3 nitrogen and oxygen atoms in total. The van der Waals surface area contributed by atoms with Gasteiger partial charge in [-0.3, -0.25) is 4.79 Å². The number of likely N-dealkylation sites (tertiary alicyclic amines) is 1. The van der Waals surface area contributed by atoms with Crippen LogP contribution in [0.5, 0.6) is 0 Å². The van der Waals surface area contributed by atoms with E-state index in [2.05, 4.69) is 5.32 Å². The molecule has 4 heteroatoms. The second kappa shape index (κ2) is 3.44. The molecule has 0 aromatic carbocycles. The third-order valence-electron chi connectivity index (χ3n) is 3.83. The van der Waals surface area contributed by atoms with Crippen molar-refractivity contribution < 1.29 is 9.18 Å². The fraction of sp³-hybridized carbons (Fsp3) is 0.909. The normalized spacial score (nSPS) is 43.9. The molecule has 0 spiro atoms. The molecule has 1 amide bonds. The van der Waals surface area contributed by atoms with Gasteiger partial charge in [0, 0.05) is 13.1 Å². The van der Waals surface area contributed by atoms with Crippen LogP contribution in [-0.4, -0.2) is 43.2 Å². The van der Waals surface area contributed by atoms with Crippen LogP contribution in [0.25, 0.3) is 0 Å². The average Bonchev–Trinajstić information content (AvgIpc) is 2.94. The van der Waals surface area contributed by atoms with Gasteiger partial charge in [0.15, 0.2) is 0 Å². The molecule has 1 saturated carbocycles. The number of carbonyl (C=O) groups excluding carboxylic acids is 1. The zero-order valence-corrected chi connectivity index (χ0v) is 8.79. The zero-order chi connectivity index (χ0) is 10.4. The summed E-state index contributed by atoms with van der Waals surface area (Å²) < 4.78 is 12.8. The van der Waals surface area contributed by atoms with Gasteiger partial charge in [-0.25, -0.2) is 4.39 Å². The largest absolute Gasteiger partial charge is 0.342 e. The lowest BCUT2D eigenvalue weighted by Gasteiger charge is -2.41. The lowest BCUT2D eigenvalue weighted by atomic mass is 9.85. The van der Waals surface area contributed by atoms with Crippen molar-refractivity contribution in [1.29, 1.82) is 0 Å². The second-order valence-corrected chi connectivity index (χ2v) is 5.23. The number of carbonyl (C=O) groups is 1. The number of amides is 1. The molecule has 3 rings (SSSR count). The maximum absolute atomic E-state index is 12.8. The highest BCUT2D eigenvalue weighted by Gasteiger charge is 2.47. The molecule has 3 fully saturated rings. The fourth-order valence-electron chi connectivity index (χ4n) is 2.94. The Labute approximate surface area is 89.0 Å². The van der Waals surface area contributed by atoms with Gasteiger partial charge in [0.25, 0.3) is 0 Å². The van der Waals surface area contributed by atoms with Gasteiger partial charge in [0.1, 0.15) is 6.17 Å². The molecular weight excluding hydrogens is 195 g/mol. The van der Waals surface area contributed by atoms with Gasteiger partial charge in [0.05, 0.1) is 5.92 Å². The van der Waals surface area contributed by atoms with Crippen molar-refractivity contribution in [1.82, 2.24) is 10.2 Å². The fourth-order valence-corrected chi connectivity index (χ4v) is 2.94. The summed E-state index contributed by atoms with van der Waals surface area (Å²) in [4.78, 5) is 13.8. The van der Waals surface area contributed by atoms with Crippen LogP contribution in [0.1, 0.15) is 12.8 Å². The Kier molecular flexibility index (Phi) is 2.20. The quantitative estimate of drug-likeness (QED) is 0.683. The van der Waals surface area contributed by atoms with E-state index in [1.165, 1.54) is 6.42 Å². The minimum Gasteiger partial charge on any atom is -0.342 e. The topological polar surface area (TPSA) is 32.3 Å². The summed E-state index contributed by atoms with van der Waals surface area (Å²) in [5.74, 6) is 0.965. The minimum atomic E-state index is -0.850. The van der Waals surface area contributed by atoms with E-state index in [4.69, 9.17) is 0 Å². The smallest absolute Gasteiger partial charge is 0.228 e. The van der Waals surface area contributed by atoms with Crippen molar-refractivity contribution in [2.45, 2.75) is 19.0 Å². The summed E-state index contributed by atoms with van der Waals surface area (Å²) in [6.07, 6.45) is 0.848. The van der Waals surface area contributed by atoms with Crippen LogP contribution in [0.4, 0.5) is 4.39 Å². The van der Waals surface area contributed by atoms with E-state index in [0.717, 1.165) is 26.2 Å². The minimum absolute atomic E-state index is 0.0686. The van der Waals surface area contributed by atoms with Gasteiger partial charge in [-0.05, 0) is 37.8 Å². The number of alkyl halides is 1. The molecule has 2 heterocycles. The van der Waals surface area contributed by atoms with Crippen molar-refractivity contribution in [2.75, 3.05) is 26.2 Å². The Morgan fingerprint density at radius 2 is 1.80 bits per heavy atom. The van der Waals surface area contributed by atoms with Gasteiger partial charge in [-0.1, -0.05) is 0 Å². The van der Waals surface area contributed by atoms with Crippen LogP contribution < -0.4 is 5.32 Å². The van der Waals surface area contributed by atoms with E-state index in [9.17, 15) is 9.18 Å². The second-order valence-electron chi connectivity index (χ2n) is 5.23. The lowest BCUT2D eigenvalue weighted by Crippen LogP contribution is -2.53. The number of nitrogens with zero attached hydrogens (tertiary/aromatic N) is 1. The van der Waals surface area contributed by atoms with Crippen molar-refractivity contribution in [3.05, 3.63) is 0 Å². The monoisotopic (exact) mass is 212 g/mol. The Hall–Kier alpha value is -0.640. The molecule has 0 aromatic rings. The number of nitrogens with one attached hydrogen (secondary N) is 1. The van der Waals surface area contributed by atoms with Gasteiger partial charge < -0.3 is 10.2 Å². The predicted octanol–water partition coefficient (Wildman–Crippen LogP) is 0.412. The molecule has 15 heavy (non-hydrogen) atoms. The van der Waals surface area contributed by atoms with Crippen molar-refractivity contribution >= 4 is 5.91 Å². The first kappa shape index (κ1) is 9.58. The third-order valence-corrected chi connectivity index (χ3v) is 3.83. The lowest BCUT2D eigenvalue weighted by molar-refractivity contribution is -0.136. The van der Waals surface area contributed by atoms with E-state index >= 15 is 0 Å². The Bertz CT molecular complexity index is 272. The van der Waals surface area contributed by atoms with Crippen molar-refractivity contribution in [3.8, 4) is 0 Å². The molecular formula is C11H17FN2O. The van der Waals surface area contributed by atoms with E-state index in [1.54, 1.807) is 0 Å². The van der Waals surface area contributed by atoms with Gasteiger partial charge in [-0.15, -0.1) is 0 Å². The number of hydrogen-bond acceptors (Lipinski definition) is 2. The van der Waals surface area contributed by atoms with Crippen molar-refractivity contribution in [3.63, 3.8) is 0 Å². The highest BCUT2D eigenvalue weighted by Crippen LogP contribution is 2.37. The van der Waals surface area contributed by atoms with Crippen LogP contribution in [0.15, 0.2) is 0 Å². The zero-order valence-electron chi connectivity index (χ0n) is 8.79. The van der Waals surface area contributed by atoms with E-state index in [0.29, 0.717) is 18.3 Å². The summed E-state index contributed by atoms with van der Waals surface area (Å²) in [5.41, 5.74) is 0. The van der Waals surface area contributed by atoms with Gasteiger partial charge in [0.2, 0.25) is 5.91 Å². The summed E-state index contributed by atoms with van der Waals surface area (Å²) in [5, 5.41) is 3.39. The summed E-state index contributed by atoms with van der Waals surface area (Å²) in [6, 6.07) is 0. The summed E-state index contributed by atoms with van der Waals surface area (Å²) in [7, 11) is 0. The molecule has 1 N–H and O–H groups in total. The molecule has 2 aliphatic heterocycles. The number of hydrogen-bond donors (Lipinski definition) is 1. The SMILES string of the molecule is O=C([C@H]1C[C@@H]1F)N1C[C@H]2CNC[C@@H](C2)C1. The maximum atomic E-state index is 12.8. The Morgan fingerprint density at radius 1 is 1.20 bits per heavy atom. The first-order valence-electron chi connectivity index (χ1n) is 5.87. The average molecular weight is 212 g/mol. The number of fused-ring (bicyclic) bond motifs is 2. The molecule has 2 bridgehead atoms. The van der Waals surface area contributed by atoms with Crippen molar-refractivity contribution in [2.24, 2.45) is 17.8 Å². The molecule has 84 valence electrons. The standard InChI is InChI=1S/C11H17FN2O/c12-10-2-9(10)11(15)14-5-7-1-8(6-14)4-13-3-7/h7-10,13H,1-6H2/t7-,8-,9+,10+/m1/s1. The maximum Gasteiger partial charge on any atom is 0.228 e. The van der Waals surface area contributed by atoms with Crippen LogP contribution in [0, 0.1) is 17.8 Å². The molecule has 4 atom stereocenters. The molecule has 0 radical (unpaired) electrons. The molecule has 0 unspecified atom stereocenters. The first-order valence-corrected chi connectivity index (χ1v) is 5.87. The Morgan fingerprint density at radius 3 is 2.33 bits per heavy atom. The van der Waals surface area contributed by atoms with Crippen LogP contribution in [-0.2, 0) is 4.79 Å². The first-order chi connectivity index (χ1) is 7.24. The van der Waals surface area contributed by atoms with E-state index in [-0.39, 0.29) is 11.8 Å². The van der Waals surface area contributed by atoms with Crippen LogP contribution in [0.2, 0.25) is 0 Å². The van der Waals surface area contributed by atoms with E-state index in [1.807, 2.05) is 4.90 Å². The Balaban J connectivity index is 1.64. The van der Waals surface area contributed by atoms with Crippen LogP contribution in [0.3, 0.4) is 0 Å². The highest BCUT2D eigenvalue weighted by atomic mass is 19.1. The van der Waals surface area contributed by atoms with Gasteiger partial charge >= 0.3 is 0 Å². The molecule has 2 saturated heterocycles. The van der Waals surface area contributed by atoms with Crippen LogP contribution >= 0.6 is 0 Å².